The van der Waals surface area contributed by atoms with E-state index in [1.165, 1.54) is 18.2 Å². The molecule has 0 bridgehead atoms. The number of hydrogen-bond donors (Lipinski definition) is 0. The number of ether oxygens (including phenoxy) is 1. The van der Waals surface area contributed by atoms with E-state index >= 15 is 0 Å². The molecule has 0 atom stereocenters. The number of esters is 1. The summed E-state index contributed by atoms with van der Waals surface area (Å²) < 4.78 is 4.90. The Hall–Kier alpha value is -2.43. The third kappa shape index (κ3) is 4.78. The first-order chi connectivity index (χ1) is 11.9. The van der Waals surface area contributed by atoms with Gasteiger partial charge in [-0.2, -0.15) is 0 Å². The molecule has 128 valence electrons. The molecule has 0 N–H and O–H groups in total. The summed E-state index contributed by atoms with van der Waals surface area (Å²) in [6.45, 7) is 1.69. The molecule has 0 unspecified atom stereocenters. The molecule has 0 aliphatic rings. The van der Waals surface area contributed by atoms with Gasteiger partial charge in [0, 0.05) is 22.2 Å². The lowest BCUT2D eigenvalue weighted by atomic mass is 10.0. The molecule has 6 heteroatoms. The van der Waals surface area contributed by atoms with Crippen LogP contribution in [0.15, 0.2) is 60.2 Å². The molecule has 0 saturated carbocycles. The molecule has 0 amide bonds. The average Bonchev–Trinajstić information content (AvgIpc) is 2.59. The molecular formula is C19H14Cl2O4. The summed E-state index contributed by atoms with van der Waals surface area (Å²) in [5, 5.41) is 0.501. The largest absolute Gasteiger partial charge is 0.462 e. The van der Waals surface area contributed by atoms with Crippen LogP contribution in [0.25, 0.3) is 0 Å². The van der Waals surface area contributed by atoms with Gasteiger partial charge in [0.2, 0.25) is 0 Å². The Bertz CT molecular complexity index is 842. The highest BCUT2D eigenvalue weighted by molar-refractivity contribution is 6.38. The van der Waals surface area contributed by atoms with E-state index in [0.717, 1.165) is 6.08 Å². The summed E-state index contributed by atoms with van der Waals surface area (Å²) in [6, 6.07) is 12.5. The first-order valence-electron chi connectivity index (χ1n) is 7.42. The minimum absolute atomic E-state index is 0.0775. The molecule has 0 spiro atoms. The average molecular weight is 377 g/mol. The number of Topliss-reactive ketones (excluding diaryl/α,β-unsaturated/α-hetero) is 1. The lowest BCUT2D eigenvalue weighted by Crippen LogP contribution is -2.18. The van der Waals surface area contributed by atoms with E-state index < -0.39 is 17.5 Å². The third-order valence-corrected chi connectivity index (χ3v) is 3.80. The fourth-order valence-electron chi connectivity index (χ4n) is 2.07. The quantitative estimate of drug-likeness (QED) is 0.244. The Kier molecular flexibility index (Phi) is 6.51. The Morgan fingerprint density at radius 3 is 2.32 bits per heavy atom. The zero-order valence-electron chi connectivity index (χ0n) is 13.3. The van der Waals surface area contributed by atoms with E-state index in [1.54, 1.807) is 37.3 Å². The van der Waals surface area contributed by atoms with Crippen molar-refractivity contribution in [2.45, 2.75) is 6.92 Å². The van der Waals surface area contributed by atoms with Crippen LogP contribution in [0.2, 0.25) is 10.0 Å². The molecule has 0 radical (unpaired) electrons. The van der Waals surface area contributed by atoms with Gasteiger partial charge in [0.05, 0.1) is 11.6 Å². The summed E-state index contributed by atoms with van der Waals surface area (Å²) in [5.74, 6) is -2.05. The van der Waals surface area contributed by atoms with E-state index in [2.05, 4.69) is 0 Å². The first kappa shape index (κ1) is 18.9. The van der Waals surface area contributed by atoms with Gasteiger partial charge in [0.15, 0.2) is 11.6 Å². The number of allylic oxidation sites excluding steroid dienone is 1. The second-order valence-electron chi connectivity index (χ2n) is 4.96. The second kappa shape index (κ2) is 8.60. The minimum Gasteiger partial charge on any atom is -0.462 e. The molecular weight excluding hydrogens is 363 g/mol. The molecule has 0 heterocycles. The van der Waals surface area contributed by atoms with Crippen molar-refractivity contribution in [3.05, 3.63) is 81.4 Å². The van der Waals surface area contributed by atoms with Crippen LogP contribution in [0.4, 0.5) is 0 Å². The monoisotopic (exact) mass is 376 g/mol. The van der Waals surface area contributed by atoms with Crippen LogP contribution in [0.1, 0.15) is 27.6 Å². The van der Waals surface area contributed by atoms with Crippen LogP contribution >= 0.6 is 23.2 Å². The van der Waals surface area contributed by atoms with E-state index in [9.17, 15) is 14.4 Å². The molecule has 2 aromatic carbocycles. The molecule has 2 aromatic rings. The maximum absolute atomic E-state index is 12.6. The fourth-order valence-corrected chi connectivity index (χ4v) is 2.57. The highest BCUT2D eigenvalue weighted by Crippen LogP contribution is 2.22. The molecule has 0 aliphatic heterocycles. The number of halogens is 2. The summed E-state index contributed by atoms with van der Waals surface area (Å²) in [5.41, 5.74) is 0.0506. The molecule has 0 aliphatic carbocycles. The highest BCUT2D eigenvalue weighted by Gasteiger charge is 2.23. The van der Waals surface area contributed by atoms with Gasteiger partial charge in [0.1, 0.15) is 5.57 Å². The van der Waals surface area contributed by atoms with Gasteiger partial charge in [-0.25, -0.2) is 4.79 Å². The maximum Gasteiger partial charge on any atom is 0.342 e. The van der Waals surface area contributed by atoms with Crippen molar-refractivity contribution in [2.75, 3.05) is 6.61 Å². The van der Waals surface area contributed by atoms with Crippen molar-refractivity contribution in [2.24, 2.45) is 0 Å². The van der Waals surface area contributed by atoms with Gasteiger partial charge >= 0.3 is 5.97 Å². The van der Waals surface area contributed by atoms with Crippen LogP contribution in [-0.4, -0.2) is 24.1 Å². The van der Waals surface area contributed by atoms with Crippen molar-refractivity contribution >= 4 is 40.7 Å². The van der Waals surface area contributed by atoms with Crippen LogP contribution < -0.4 is 0 Å². The number of carbonyl (C=O) groups is 3. The summed E-state index contributed by atoms with van der Waals surface area (Å²) in [7, 11) is 0. The maximum atomic E-state index is 12.6. The molecule has 2 rings (SSSR count). The number of hydrogen-bond acceptors (Lipinski definition) is 4. The van der Waals surface area contributed by atoms with Crippen LogP contribution in [0.5, 0.6) is 0 Å². The zero-order valence-corrected chi connectivity index (χ0v) is 14.8. The van der Waals surface area contributed by atoms with Crippen molar-refractivity contribution in [1.29, 1.82) is 0 Å². The Morgan fingerprint density at radius 1 is 1.04 bits per heavy atom. The Balaban J connectivity index is 2.44. The second-order valence-corrected chi connectivity index (χ2v) is 5.81. The summed E-state index contributed by atoms with van der Waals surface area (Å²) in [4.78, 5) is 37.2. The van der Waals surface area contributed by atoms with Gasteiger partial charge in [-0.15, -0.1) is 0 Å². The Morgan fingerprint density at radius 2 is 1.72 bits per heavy atom. The summed E-state index contributed by atoms with van der Waals surface area (Å²) >= 11 is 11.8. The predicted octanol–water partition coefficient (Wildman–Crippen LogP) is 4.55. The third-order valence-electron chi connectivity index (χ3n) is 3.25. The van der Waals surface area contributed by atoms with Gasteiger partial charge in [0.25, 0.3) is 0 Å². The van der Waals surface area contributed by atoms with Crippen LogP contribution in [0.3, 0.4) is 0 Å². The molecule has 4 nitrogen and oxygen atoms in total. The van der Waals surface area contributed by atoms with Crippen LogP contribution in [0, 0.1) is 0 Å². The number of rotatable bonds is 6. The smallest absolute Gasteiger partial charge is 0.342 e. The molecule has 0 fully saturated rings. The number of ketones is 2. The standard InChI is InChI=1S/C19H14Cl2O4/c1-2-25-19(24)15(18(23)12-6-4-3-5-7-12)11-17(22)14-9-8-13(20)10-16(14)21/h3-11H,2H2,1H3/b15-11-. The first-order valence-corrected chi connectivity index (χ1v) is 8.17. The Labute approximate surface area is 155 Å². The topological polar surface area (TPSA) is 60.4 Å². The van der Waals surface area contributed by atoms with E-state index in [-0.39, 0.29) is 28.3 Å². The zero-order chi connectivity index (χ0) is 18.4. The predicted molar refractivity (Wildman–Crippen MR) is 96.3 cm³/mol. The van der Waals surface area contributed by atoms with E-state index in [1.807, 2.05) is 0 Å². The van der Waals surface area contributed by atoms with Gasteiger partial charge in [-0.1, -0.05) is 53.5 Å². The lowest BCUT2D eigenvalue weighted by Gasteiger charge is -2.07. The normalized spacial score (nSPS) is 11.1. The fraction of sp³-hybridized carbons (Fsp3) is 0.105. The van der Waals surface area contributed by atoms with E-state index in [0.29, 0.717) is 5.02 Å². The highest BCUT2D eigenvalue weighted by atomic mass is 35.5. The minimum atomic E-state index is -0.866. The molecule has 25 heavy (non-hydrogen) atoms. The van der Waals surface area contributed by atoms with Crippen molar-refractivity contribution in [1.82, 2.24) is 0 Å². The number of benzene rings is 2. The summed E-state index contributed by atoms with van der Waals surface area (Å²) in [6.07, 6.45) is 0.947. The lowest BCUT2D eigenvalue weighted by molar-refractivity contribution is -0.138. The van der Waals surface area contributed by atoms with E-state index in [4.69, 9.17) is 27.9 Å². The number of carbonyl (C=O) groups excluding carboxylic acids is 3. The molecule has 0 aromatic heterocycles. The SMILES string of the molecule is CCOC(=O)/C(=C\C(=O)c1ccc(Cl)cc1Cl)C(=O)c1ccccc1. The molecule has 0 saturated heterocycles. The van der Waals surface area contributed by atoms with Gasteiger partial charge in [-0.05, 0) is 25.1 Å². The van der Waals surface area contributed by atoms with Gasteiger partial charge in [-0.3, -0.25) is 9.59 Å². The van der Waals surface area contributed by atoms with Crippen molar-refractivity contribution in [3.63, 3.8) is 0 Å². The van der Waals surface area contributed by atoms with Crippen LogP contribution in [-0.2, 0) is 9.53 Å². The van der Waals surface area contributed by atoms with Crippen molar-refractivity contribution < 1.29 is 19.1 Å². The van der Waals surface area contributed by atoms with Gasteiger partial charge < -0.3 is 4.74 Å². The van der Waals surface area contributed by atoms with Crippen molar-refractivity contribution in [3.8, 4) is 0 Å².